The van der Waals surface area contributed by atoms with E-state index in [0.29, 0.717) is 0 Å². The monoisotopic (exact) mass is 340 g/mol. The number of thiazole rings is 1. The summed E-state index contributed by atoms with van der Waals surface area (Å²) in [5.41, 5.74) is 3.59. The Hall–Kier alpha value is -2.18. The number of aryl methyl sites for hydroxylation is 2. The molecule has 1 aliphatic rings. The van der Waals surface area contributed by atoms with Gasteiger partial charge in [-0.25, -0.2) is 4.98 Å². The van der Waals surface area contributed by atoms with E-state index in [0.717, 1.165) is 51.9 Å². The summed E-state index contributed by atoms with van der Waals surface area (Å²) in [7, 11) is 0. The summed E-state index contributed by atoms with van der Waals surface area (Å²) in [6.45, 7) is 4.05. The number of hydrogen-bond donors (Lipinski definition) is 3. The maximum atomic E-state index is 10.5. The molecule has 0 unspecified atom stereocenters. The zero-order chi connectivity index (χ0) is 16.7. The quantitative estimate of drug-likeness (QED) is 0.663. The van der Waals surface area contributed by atoms with Gasteiger partial charge < -0.3 is 10.4 Å². The molecule has 124 valence electrons. The molecule has 6 heteroatoms. The fourth-order valence-corrected chi connectivity index (χ4v) is 4.02. The van der Waals surface area contributed by atoms with E-state index in [4.69, 9.17) is 0 Å². The van der Waals surface area contributed by atoms with Crippen molar-refractivity contribution < 1.29 is 5.11 Å². The number of anilines is 2. The summed E-state index contributed by atoms with van der Waals surface area (Å²) in [5.74, 6) is 0.804. The number of nitrogens with zero attached hydrogens (tertiary/aromatic N) is 2. The zero-order valence-electron chi connectivity index (χ0n) is 13.8. The van der Waals surface area contributed by atoms with Gasteiger partial charge in [0.1, 0.15) is 10.6 Å². The van der Waals surface area contributed by atoms with Gasteiger partial charge in [-0.2, -0.15) is 5.10 Å². The van der Waals surface area contributed by atoms with Crippen LogP contribution >= 0.6 is 11.3 Å². The third kappa shape index (κ3) is 2.83. The molecule has 24 heavy (non-hydrogen) atoms. The first-order valence-electron chi connectivity index (χ1n) is 8.12. The minimum Gasteiger partial charge on any atom is -0.383 e. The predicted octanol–water partition coefficient (Wildman–Crippen LogP) is 4.27. The second kappa shape index (κ2) is 5.72. The molecule has 1 aliphatic carbocycles. The molecule has 1 fully saturated rings. The summed E-state index contributed by atoms with van der Waals surface area (Å²) in [6.07, 6.45) is 4.58. The molecular formula is C18H20N4OS. The molecule has 3 N–H and O–H groups in total. The highest BCUT2D eigenvalue weighted by molar-refractivity contribution is 7.15. The van der Waals surface area contributed by atoms with Gasteiger partial charge in [-0.1, -0.05) is 6.07 Å². The standard InChI is InChI=1S/C18H20N4OS/c1-11-6-13(9-14(7-11)20-16-8-12(2)21-22-16)15-10-19-17(24-15)18(23)4-3-5-18/h6-10,23H,3-5H2,1-2H3,(H2,20,21,22). The van der Waals surface area contributed by atoms with E-state index >= 15 is 0 Å². The SMILES string of the molecule is Cc1cc(Nc2cc(C)[nH]n2)cc(-c2cnc(C3(O)CCC3)s2)c1. The molecule has 2 aromatic heterocycles. The molecular weight excluding hydrogens is 320 g/mol. The Morgan fingerprint density at radius 1 is 1.21 bits per heavy atom. The van der Waals surface area contributed by atoms with E-state index in [1.807, 2.05) is 19.2 Å². The lowest BCUT2D eigenvalue weighted by Crippen LogP contribution is -2.33. The minimum atomic E-state index is -0.694. The van der Waals surface area contributed by atoms with Crippen LogP contribution in [-0.4, -0.2) is 20.3 Å². The second-order valence-corrected chi connectivity index (χ2v) is 7.59. The third-order valence-electron chi connectivity index (χ3n) is 4.42. The number of H-pyrrole nitrogens is 1. The molecule has 0 saturated heterocycles. The van der Waals surface area contributed by atoms with Crippen LogP contribution in [0.5, 0.6) is 0 Å². The molecule has 3 aromatic rings. The van der Waals surface area contributed by atoms with Crippen molar-refractivity contribution >= 4 is 22.8 Å². The van der Waals surface area contributed by atoms with Gasteiger partial charge in [0, 0.05) is 23.6 Å². The molecule has 1 aromatic carbocycles. The minimum absolute atomic E-state index is 0.694. The summed E-state index contributed by atoms with van der Waals surface area (Å²) in [5, 5.41) is 21.8. The zero-order valence-corrected chi connectivity index (χ0v) is 14.6. The van der Waals surface area contributed by atoms with Crippen LogP contribution < -0.4 is 5.32 Å². The van der Waals surface area contributed by atoms with Crippen molar-refractivity contribution in [2.24, 2.45) is 0 Å². The molecule has 0 amide bonds. The van der Waals surface area contributed by atoms with Crippen molar-refractivity contribution in [1.82, 2.24) is 15.2 Å². The van der Waals surface area contributed by atoms with Crippen molar-refractivity contribution in [3.05, 3.63) is 46.7 Å². The van der Waals surface area contributed by atoms with Gasteiger partial charge in [-0.05, 0) is 56.4 Å². The van der Waals surface area contributed by atoms with E-state index < -0.39 is 5.60 Å². The van der Waals surface area contributed by atoms with Gasteiger partial charge in [-0.15, -0.1) is 11.3 Å². The lowest BCUT2D eigenvalue weighted by molar-refractivity contribution is -0.0389. The van der Waals surface area contributed by atoms with Crippen LogP contribution in [0, 0.1) is 13.8 Å². The molecule has 1 saturated carbocycles. The number of nitrogens with one attached hydrogen (secondary N) is 2. The van der Waals surface area contributed by atoms with Gasteiger partial charge >= 0.3 is 0 Å². The van der Waals surface area contributed by atoms with Crippen molar-refractivity contribution in [1.29, 1.82) is 0 Å². The summed E-state index contributed by atoms with van der Waals surface area (Å²) in [6, 6.07) is 8.30. The topological polar surface area (TPSA) is 73.8 Å². The first kappa shape index (κ1) is 15.4. The smallest absolute Gasteiger partial charge is 0.152 e. The van der Waals surface area contributed by atoms with Gasteiger partial charge in [0.25, 0.3) is 0 Å². The van der Waals surface area contributed by atoms with E-state index in [-0.39, 0.29) is 0 Å². The maximum Gasteiger partial charge on any atom is 0.152 e. The Morgan fingerprint density at radius 3 is 2.71 bits per heavy atom. The second-order valence-electron chi connectivity index (χ2n) is 6.56. The largest absolute Gasteiger partial charge is 0.383 e. The van der Waals surface area contributed by atoms with Crippen molar-refractivity contribution in [3.8, 4) is 10.4 Å². The Bertz CT molecular complexity index is 879. The molecule has 0 radical (unpaired) electrons. The van der Waals surface area contributed by atoms with Crippen LogP contribution in [-0.2, 0) is 5.60 Å². The molecule has 0 atom stereocenters. The first-order valence-corrected chi connectivity index (χ1v) is 8.93. The van der Waals surface area contributed by atoms with Crippen molar-refractivity contribution in [2.45, 2.75) is 38.7 Å². The van der Waals surface area contributed by atoms with Crippen molar-refractivity contribution in [2.75, 3.05) is 5.32 Å². The number of aliphatic hydroxyl groups is 1. The highest BCUT2D eigenvalue weighted by Crippen LogP contribution is 2.44. The van der Waals surface area contributed by atoms with E-state index in [1.165, 1.54) is 5.56 Å². The summed E-state index contributed by atoms with van der Waals surface area (Å²) in [4.78, 5) is 5.54. The number of aromatic amines is 1. The van der Waals surface area contributed by atoms with Crippen LogP contribution in [0.4, 0.5) is 11.5 Å². The maximum absolute atomic E-state index is 10.5. The Kier molecular flexibility index (Phi) is 3.66. The average molecular weight is 340 g/mol. The molecule has 0 aliphatic heterocycles. The van der Waals surface area contributed by atoms with E-state index in [1.54, 1.807) is 11.3 Å². The van der Waals surface area contributed by atoms with Gasteiger partial charge in [0.2, 0.25) is 0 Å². The number of rotatable bonds is 4. The molecule has 5 nitrogen and oxygen atoms in total. The summed E-state index contributed by atoms with van der Waals surface area (Å²) < 4.78 is 0. The Morgan fingerprint density at radius 2 is 2.04 bits per heavy atom. The Balaban J connectivity index is 1.63. The first-order chi connectivity index (χ1) is 11.5. The van der Waals surface area contributed by atoms with Gasteiger partial charge in [0.15, 0.2) is 5.82 Å². The van der Waals surface area contributed by atoms with Crippen LogP contribution in [0.3, 0.4) is 0 Å². The molecule has 0 bridgehead atoms. The molecule has 2 heterocycles. The lowest BCUT2D eigenvalue weighted by Gasteiger charge is -2.34. The van der Waals surface area contributed by atoms with Crippen molar-refractivity contribution in [3.63, 3.8) is 0 Å². The molecule has 4 rings (SSSR count). The number of benzene rings is 1. The van der Waals surface area contributed by atoms with Crippen LogP contribution in [0.1, 0.15) is 35.5 Å². The van der Waals surface area contributed by atoms with Crippen LogP contribution in [0.15, 0.2) is 30.5 Å². The molecule has 0 spiro atoms. The number of aromatic nitrogens is 3. The fourth-order valence-electron chi connectivity index (χ4n) is 2.98. The van der Waals surface area contributed by atoms with E-state index in [2.05, 4.69) is 45.6 Å². The van der Waals surface area contributed by atoms with Crippen LogP contribution in [0.25, 0.3) is 10.4 Å². The average Bonchev–Trinajstić information content (AvgIpc) is 3.14. The summed E-state index contributed by atoms with van der Waals surface area (Å²) >= 11 is 1.59. The van der Waals surface area contributed by atoms with E-state index in [9.17, 15) is 5.11 Å². The Labute approximate surface area is 144 Å². The van der Waals surface area contributed by atoms with Gasteiger partial charge in [-0.3, -0.25) is 5.10 Å². The lowest BCUT2D eigenvalue weighted by atomic mass is 9.81. The van der Waals surface area contributed by atoms with Gasteiger partial charge in [0.05, 0.1) is 4.88 Å². The third-order valence-corrected chi connectivity index (χ3v) is 5.66. The highest BCUT2D eigenvalue weighted by atomic mass is 32.1. The fraction of sp³-hybridized carbons (Fsp3) is 0.333. The predicted molar refractivity (Wildman–Crippen MR) is 96.6 cm³/mol. The number of hydrogen-bond acceptors (Lipinski definition) is 5. The highest BCUT2D eigenvalue weighted by Gasteiger charge is 2.39. The normalized spacial score (nSPS) is 16.0. The van der Waals surface area contributed by atoms with Crippen LogP contribution in [0.2, 0.25) is 0 Å².